The summed E-state index contributed by atoms with van der Waals surface area (Å²) in [7, 11) is 0.224. The van der Waals surface area contributed by atoms with Gasteiger partial charge in [-0.15, -0.1) is 10.2 Å². The summed E-state index contributed by atoms with van der Waals surface area (Å²) in [6.07, 6.45) is 1.95. The molecule has 3 aromatic heterocycles. The third-order valence-corrected chi connectivity index (χ3v) is 8.06. The smallest absolute Gasteiger partial charge is 0.269 e. The van der Waals surface area contributed by atoms with Crippen LogP contribution in [0.1, 0.15) is 36.1 Å². The number of benzene rings is 1. The molecule has 0 radical (unpaired) electrons. The molecule has 2 atom stereocenters. The Kier molecular flexibility index (Phi) is 8.23. The van der Waals surface area contributed by atoms with Gasteiger partial charge in [0.15, 0.2) is 11.6 Å². The van der Waals surface area contributed by atoms with E-state index >= 15 is 0 Å². The molecule has 0 aliphatic carbocycles. The van der Waals surface area contributed by atoms with E-state index in [0.29, 0.717) is 17.2 Å². The van der Waals surface area contributed by atoms with Crippen LogP contribution in [-0.2, 0) is 10.0 Å². The standard InChI is InChI=1S/C25H27FN8O5S/c1-14(22-28-12-16(26)13-29-22)15(2)40(36,37)33-25-32-31-23(17-8-6-9-18(30-17)24(35)27-3)34(25)21-19(38-4)10-7-11-20(21)39-5/h6-15H,1-5H3,(H,27,35)(H,32,33)/t14-,15-/m0/s1. The fourth-order valence-corrected chi connectivity index (χ4v) is 5.08. The second kappa shape index (κ2) is 11.6. The largest absolute Gasteiger partial charge is 0.494 e. The molecule has 1 amide bonds. The summed E-state index contributed by atoms with van der Waals surface area (Å²) in [5.74, 6) is -1.05. The summed E-state index contributed by atoms with van der Waals surface area (Å²) >= 11 is 0. The van der Waals surface area contributed by atoms with E-state index in [4.69, 9.17) is 9.47 Å². The predicted molar refractivity (Wildman–Crippen MR) is 143 cm³/mol. The first kappa shape index (κ1) is 28.4. The van der Waals surface area contributed by atoms with Gasteiger partial charge in [0.25, 0.3) is 5.91 Å². The summed E-state index contributed by atoms with van der Waals surface area (Å²) < 4.78 is 55.4. The van der Waals surface area contributed by atoms with Crippen molar-refractivity contribution in [2.24, 2.45) is 0 Å². The van der Waals surface area contributed by atoms with E-state index in [-0.39, 0.29) is 29.0 Å². The molecular weight excluding hydrogens is 543 g/mol. The molecule has 0 saturated carbocycles. The Morgan fingerprint density at radius 1 is 1.00 bits per heavy atom. The number of aromatic nitrogens is 6. The zero-order valence-electron chi connectivity index (χ0n) is 22.3. The zero-order chi connectivity index (χ0) is 29.0. The van der Waals surface area contributed by atoms with Gasteiger partial charge >= 0.3 is 0 Å². The van der Waals surface area contributed by atoms with Crippen molar-refractivity contribution in [2.75, 3.05) is 26.0 Å². The molecule has 0 spiro atoms. The first-order chi connectivity index (χ1) is 19.1. The third-order valence-electron chi connectivity index (χ3n) is 6.20. The number of halogens is 1. The Balaban J connectivity index is 1.86. The number of carbonyl (C=O) groups excluding carboxylic acids is 1. The lowest BCUT2D eigenvalue weighted by Gasteiger charge is -2.21. The van der Waals surface area contributed by atoms with Crippen molar-refractivity contribution in [3.05, 3.63) is 66.1 Å². The normalized spacial score (nSPS) is 12.8. The van der Waals surface area contributed by atoms with E-state index in [1.54, 1.807) is 37.3 Å². The fourth-order valence-electron chi connectivity index (χ4n) is 3.85. The number of rotatable bonds is 10. The van der Waals surface area contributed by atoms with Gasteiger partial charge in [-0.3, -0.25) is 14.1 Å². The molecule has 0 saturated heterocycles. The highest BCUT2D eigenvalue weighted by molar-refractivity contribution is 7.93. The Morgan fingerprint density at radius 2 is 1.62 bits per heavy atom. The molecule has 4 aromatic rings. The van der Waals surface area contributed by atoms with Crippen LogP contribution in [0.5, 0.6) is 11.5 Å². The van der Waals surface area contributed by atoms with Crippen LogP contribution >= 0.6 is 0 Å². The number of hydrogen-bond acceptors (Lipinski definition) is 10. The summed E-state index contributed by atoms with van der Waals surface area (Å²) in [6.45, 7) is 3.09. The third kappa shape index (κ3) is 5.54. The zero-order valence-corrected chi connectivity index (χ0v) is 23.1. The van der Waals surface area contributed by atoms with Crippen LogP contribution in [-0.4, -0.2) is 70.6 Å². The number of amides is 1. The molecule has 0 bridgehead atoms. The molecule has 3 heterocycles. The Bertz CT molecular complexity index is 1610. The number of para-hydroxylation sites is 1. The number of nitrogens with zero attached hydrogens (tertiary/aromatic N) is 6. The molecule has 210 valence electrons. The topological polar surface area (TPSA) is 163 Å². The first-order valence-corrected chi connectivity index (χ1v) is 13.5. The van der Waals surface area contributed by atoms with E-state index in [1.165, 1.54) is 38.8 Å². The molecule has 0 unspecified atom stereocenters. The molecule has 15 heteroatoms. The van der Waals surface area contributed by atoms with Crippen LogP contribution < -0.4 is 19.5 Å². The van der Waals surface area contributed by atoms with E-state index in [0.717, 1.165) is 12.4 Å². The minimum Gasteiger partial charge on any atom is -0.494 e. The number of nitrogens with one attached hydrogen (secondary N) is 2. The fraction of sp³-hybridized carbons (Fsp3) is 0.280. The van der Waals surface area contributed by atoms with E-state index in [2.05, 4.69) is 35.2 Å². The van der Waals surface area contributed by atoms with Gasteiger partial charge in [0.2, 0.25) is 16.0 Å². The molecule has 1 aromatic carbocycles. The first-order valence-electron chi connectivity index (χ1n) is 12.0. The molecule has 0 aliphatic heterocycles. The molecular formula is C25H27FN8O5S. The molecule has 0 aliphatic rings. The van der Waals surface area contributed by atoms with E-state index in [1.807, 2.05) is 0 Å². The van der Waals surface area contributed by atoms with Gasteiger partial charge in [-0.25, -0.2) is 27.8 Å². The monoisotopic (exact) mass is 570 g/mol. The van der Waals surface area contributed by atoms with Crippen LogP contribution in [0.15, 0.2) is 48.8 Å². The summed E-state index contributed by atoms with van der Waals surface area (Å²) in [5.41, 5.74) is 0.637. The summed E-state index contributed by atoms with van der Waals surface area (Å²) in [6, 6.07) is 9.75. The molecule has 2 N–H and O–H groups in total. The molecule has 0 fully saturated rings. The van der Waals surface area contributed by atoms with Crippen LogP contribution in [0.25, 0.3) is 17.2 Å². The lowest BCUT2D eigenvalue weighted by molar-refractivity contribution is 0.0958. The van der Waals surface area contributed by atoms with Crippen molar-refractivity contribution < 1.29 is 27.1 Å². The maximum atomic E-state index is 13.5. The lowest BCUT2D eigenvalue weighted by atomic mass is 10.1. The molecule has 4 rings (SSSR count). The molecule has 40 heavy (non-hydrogen) atoms. The minimum atomic E-state index is -4.15. The van der Waals surface area contributed by atoms with Crippen LogP contribution in [0.2, 0.25) is 0 Å². The minimum absolute atomic E-state index is 0.105. The number of methoxy groups -OCH3 is 2. The maximum absolute atomic E-state index is 13.5. The number of ether oxygens (including phenoxy) is 2. The van der Waals surface area contributed by atoms with Crippen LogP contribution in [0.3, 0.4) is 0 Å². The van der Waals surface area contributed by atoms with Gasteiger partial charge in [0, 0.05) is 13.0 Å². The molecule has 13 nitrogen and oxygen atoms in total. The highest BCUT2D eigenvalue weighted by Crippen LogP contribution is 2.37. The van der Waals surface area contributed by atoms with Crippen molar-refractivity contribution >= 4 is 21.9 Å². The Labute approximate surface area is 229 Å². The van der Waals surface area contributed by atoms with Gasteiger partial charge in [-0.1, -0.05) is 19.1 Å². The average Bonchev–Trinajstić information content (AvgIpc) is 3.37. The van der Waals surface area contributed by atoms with Gasteiger partial charge in [-0.2, -0.15) is 0 Å². The lowest BCUT2D eigenvalue weighted by Crippen LogP contribution is -2.31. The number of anilines is 1. The Morgan fingerprint density at radius 3 is 2.23 bits per heavy atom. The van der Waals surface area contributed by atoms with Crippen molar-refractivity contribution in [2.45, 2.75) is 25.0 Å². The van der Waals surface area contributed by atoms with E-state index in [9.17, 15) is 17.6 Å². The Hall–Kier alpha value is -4.66. The van der Waals surface area contributed by atoms with Crippen molar-refractivity contribution in [1.82, 2.24) is 35.0 Å². The van der Waals surface area contributed by atoms with Gasteiger partial charge < -0.3 is 14.8 Å². The van der Waals surface area contributed by atoms with Crippen LogP contribution in [0.4, 0.5) is 10.3 Å². The highest BCUT2D eigenvalue weighted by Gasteiger charge is 2.32. The van der Waals surface area contributed by atoms with Crippen molar-refractivity contribution in [3.8, 4) is 28.7 Å². The van der Waals surface area contributed by atoms with Crippen molar-refractivity contribution in [3.63, 3.8) is 0 Å². The van der Waals surface area contributed by atoms with Gasteiger partial charge in [-0.05, 0) is 31.2 Å². The summed E-state index contributed by atoms with van der Waals surface area (Å²) in [4.78, 5) is 24.5. The summed E-state index contributed by atoms with van der Waals surface area (Å²) in [5, 5.41) is 9.77. The number of pyridine rings is 1. The van der Waals surface area contributed by atoms with Crippen LogP contribution in [0, 0.1) is 5.82 Å². The SMILES string of the molecule is CNC(=O)c1cccc(-c2nnc(NS(=O)(=O)[C@@H](C)[C@H](C)c3ncc(F)cn3)n2-c2c(OC)cccc2OC)n1. The maximum Gasteiger partial charge on any atom is 0.269 e. The second-order valence-electron chi connectivity index (χ2n) is 8.58. The highest BCUT2D eigenvalue weighted by atomic mass is 32.2. The number of carbonyl (C=O) groups is 1. The van der Waals surface area contributed by atoms with E-state index < -0.39 is 32.9 Å². The average molecular weight is 571 g/mol. The van der Waals surface area contributed by atoms with Gasteiger partial charge in [0.1, 0.15) is 34.4 Å². The number of hydrogen-bond donors (Lipinski definition) is 2. The second-order valence-corrected chi connectivity index (χ2v) is 10.6. The van der Waals surface area contributed by atoms with Gasteiger partial charge in [0.05, 0.1) is 31.9 Å². The number of sulfonamides is 1. The quantitative estimate of drug-likeness (QED) is 0.290. The predicted octanol–water partition coefficient (Wildman–Crippen LogP) is 2.57. The van der Waals surface area contributed by atoms with Crippen molar-refractivity contribution in [1.29, 1.82) is 0 Å².